The molecule has 0 fully saturated rings. The van der Waals surface area contributed by atoms with Crippen LogP contribution in [0.5, 0.6) is 11.5 Å². The van der Waals surface area contributed by atoms with E-state index in [1.165, 1.54) is 0 Å². The number of carbonyl (C=O) groups is 1. The quantitative estimate of drug-likeness (QED) is 0.121. The van der Waals surface area contributed by atoms with E-state index in [0.717, 1.165) is 32.5 Å². The number of aliphatic imine (C=N–C) groups is 1. The van der Waals surface area contributed by atoms with Gasteiger partial charge in [0.15, 0.2) is 11.6 Å². The molecule has 44 heavy (non-hydrogen) atoms. The van der Waals surface area contributed by atoms with Crippen molar-refractivity contribution in [2.24, 2.45) is 4.99 Å². The lowest BCUT2D eigenvalue weighted by Crippen LogP contribution is -2.54. The number of rotatable bonds is 14. The number of hydrogen-bond donors (Lipinski definition) is 3. The highest BCUT2D eigenvalue weighted by molar-refractivity contribution is 9.10. The van der Waals surface area contributed by atoms with E-state index in [9.17, 15) is 4.79 Å². The molecule has 2 atom stereocenters. The third-order valence-electron chi connectivity index (χ3n) is 7.41. The van der Waals surface area contributed by atoms with Crippen LogP contribution in [-0.2, 0) is 22.4 Å². The lowest BCUT2D eigenvalue weighted by molar-refractivity contribution is -0.130. The Labute approximate surface area is 266 Å². The Bertz CT molecular complexity index is 1560. The molecule has 1 heterocycles. The SMILES string of the molecule is COc1cccc(CCNNC(=O)[C@@]2(Cc3ccccc3)N=C(c3ccc(OCCCO)cc3)O[C@H]2c2ccccc2Br)c1. The topological polar surface area (TPSA) is 101 Å². The molecule has 0 aromatic heterocycles. The summed E-state index contributed by atoms with van der Waals surface area (Å²) in [5.74, 6) is 1.54. The van der Waals surface area contributed by atoms with Crippen LogP contribution in [0.2, 0.25) is 0 Å². The summed E-state index contributed by atoms with van der Waals surface area (Å²) < 4.78 is 18.5. The summed E-state index contributed by atoms with van der Waals surface area (Å²) >= 11 is 3.69. The Morgan fingerprint density at radius 1 is 0.955 bits per heavy atom. The number of nitrogens with zero attached hydrogens (tertiary/aromatic N) is 1. The van der Waals surface area contributed by atoms with Crippen molar-refractivity contribution in [3.8, 4) is 11.5 Å². The molecule has 0 radical (unpaired) electrons. The average Bonchev–Trinajstić information content (AvgIpc) is 3.44. The number of nitrogens with one attached hydrogen (secondary N) is 2. The van der Waals surface area contributed by atoms with E-state index in [0.29, 0.717) is 44.1 Å². The predicted molar refractivity (Wildman–Crippen MR) is 174 cm³/mol. The van der Waals surface area contributed by atoms with Gasteiger partial charge < -0.3 is 19.3 Å². The molecule has 0 unspecified atom stereocenters. The fraction of sp³-hybridized carbons (Fsp3) is 0.257. The summed E-state index contributed by atoms with van der Waals surface area (Å²) in [6.07, 6.45) is 0.841. The van der Waals surface area contributed by atoms with Gasteiger partial charge in [0.2, 0.25) is 5.90 Å². The highest BCUT2D eigenvalue weighted by Gasteiger charge is 2.53. The Hall–Kier alpha value is -4.18. The number of aliphatic hydroxyl groups excluding tert-OH is 1. The highest BCUT2D eigenvalue weighted by Crippen LogP contribution is 2.44. The van der Waals surface area contributed by atoms with E-state index in [2.05, 4.69) is 26.8 Å². The van der Waals surface area contributed by atoms with Crippen molar-refractivity contribution in [3.05, 3.63) is 130 Å². The summed E-state index contributed by atoms with van der Waals surface area (Å²) in [5.41, 5.74) is 8.34. The molecule has 4 aromatic rings. The molecule has 9 heteroatoms. The summed E-state index contributed by atoms with van der Waals surface area (Å²) in [5, 5.41) is 9.05. The van der Waals surface area contributed by atoms with Crippen LogP contribution >= 0.6 is 15.9 Å². The zero-order chi connectivity index (χ0) is 30.8. The number of carbonyl (C=O) groups excluding carboxylic acids is 1. The molecule has 0 spiro atoms. The van der Waals surface area contributed by atoms with Crippen LogP contribution in [0.3, 0.4) is 0 Å². The Morgan fingerprint density at radius 3 is 2.45 bits per heavy atom. The van der Waals surface area contributed by atoms with Gasteiger partial charge >= 0.3 is 0 Å². The molecule has 4 aromatic carbocycles. The number of benzene rings is 4. The number of methoxy groups -OCH3 is 1. The molecule has 0 saturated heterocycles. The van der Waals surface area contributed by atoms with Gasteiger partial charge in [-0.15, -0.1) is 0 Å². The normalized spacial score (nSPS) is 17.4. The molecule has 5 rings (SSSR count). The third kappa shape index (κ3) is 7.48. The van der Waals surface area contributed by atoms with Gasteiger partial charge in [-0.05, 0) is 60.0 Å². The van der Waals surface area contributed by atoms with Crippen molar-refractivity contribution in [3.63, 3.8) is 0 Å². The first-order valence-corrected chi connectivity index (χ1v) is 15.4. The number of halogens is 1. The fourth-order valence-electron chi connectivity index (χ4n) is 5.14. The van der Waals surface area contributed by atoms with E-state index >= 15 is 0 Å². The van der Waals surface area contributed by atoms with Crippen molar-refractivity contribution in [1.82, 2.24) is 10.9 Å². The van der Waals surface area contributed by atoms with Crippen LogP contribution in [0.25, 0.3) is 0 Å². The largest absolute Gasteiger partial charge is 0.497 e. The minimum absolute atomic E-state index is 0.0700. The van der Waals surface area contributed by atoms with Gasteiger partial charge in [0.05, 0.1) is 13.7 Å². The van der Waals surface area contributed by atoms with Crippen molar-refractivity contribution in [2.75, 3.05) is 26.9 Å². The van der Waals surface area contributed by atoms with Crippen LogP contribution in [0.1, 0.15) is 34.8 Å². The summed E-state index contributed by atoms with van der Waals surface area (Å²) in [6, 6.07) is 32.9. The second-order valence-corrected chi connectivity index (χ2v) is 11.3. The lowest BCUT2D eigenvalue weighted by Gasteiger charge is -2.31. The second kappa shape index (κ2) is 15.0. The minimum atomic E-state index is -1.32. The van der Waals surface area contributed by atoms with E-state index in [1.54, 1.807) is 7.11 Å². The summed E-state index contributed by atoms with van der Waals surface area (Å²) in [4.78, 5) is 19.4. The summed E-state index contributed by atoms with van der Waals surface area (Å²) in [7, 11) is 1.64. The maximum atomic E-state index is 14.3. The fourth-order valence-corrected chi connectivity index (χ4v) is 5.63. The number of amides is 1. The lowest BCUT2D eigenvalue weighted by atomic mass is 9.82. The van der Waals surface area contributed by atoms with E-state index < -0.39 is 11.6 Å². The average molecular weight is 659 g/mol. The molecule has 0 saturated carbocycles. The van der Waals surface area contributed by atoms with Crippen molar-refractivity contribution >= 4 is 27.7 Å². The smallest absolute Gasteiger partial charge is 0.266 e. The van der Waals surface area contributed by atoms with Gasteiger partial charge in [0.25, 0.3) is 5.91 Å². The maximum Gasteiger partial charge on any atom is 0.266 e. The molecule has 0 aliphatic carbocycles. The van der Waals surface area contributed by atoms with Gasteiger partial charge in [0, 0.05) is 41.6 Å². The Morgan fingerprint density at radius 2 is 1.70 bits per heavy atom. The molecular formula is C35H36BrN3O5. The molecule has 1 amide bonds. The molecule has 3 N–H and O–H groups in total. The monoisotopic (exact) mass is 657 g/mol. The Kier molecular flexibility index (Phi) is 10.7. The first-order chi connectivity index (χ1) is 21.5. The van der Waals surface area contributed by atoms with Gasteiger partial charge in [-0.1, -0.05) is 76.6 Å². The third-order valence-corrected chi connectivity index (χ3v) is 8.13. The van der Waals surface area contributed by atoms with E-state index in [1.807, 2.05) is 103 Å². The number of hydrazine groups is 1. The standard InChI is InChI=1S/C35H36BrN3O5/c1-42-29-12-7-11-25(23-29)19-20-37-39-34(41)35(24-26-9-3-2-4-10-26)32(30-13-5-6-14-31(30)36)44-33(38-35)27-15-17-28(18-16-27)43-22-8-21-40/h2-7,9-18,23,32,37,40H,8,19-22,24H2,1H3,(H,39,41)/t32-,35-/m0/s1. The zero-order valence-corrected chi connectivity index (χ0v) is 26.1. The van der Waals surface area contributed by atoms with Crippen LogP contribution in [0.4, 0.5) is 0 Å². The Balaban J connectivity index is 1.45. The van der Waals surface area contributed by atoms with E-state index in [-0.39, 0.29) is 12.5 Å². The zero-order valence-electron chi connectivity index (χ0n) is 24.5. The number of hydrogen-bond acceptors (Lipinski definition) is 7. The first-order valence-electron chi connectivity index (χ1n) is 14.6. The first kappa shape index (κ1) is 31.3. The molecule has 8 nitrogen and oxygen atoms in total. The second-order valence-electron chi connectivity index (χ2n) is 10.5. The molecule has 0 bridgehead atoms. The minimum Gasteiger partial charge on any atom is -0.497 e. The predicted octanol–water partition coefficient (Wildman–Crippen LogP) is 5.58. The number of aliphatic hydroxyl groups is 1. The van der Waals surface area contributed by atoms with Crippen molar-refractivity contribution < 1.29 is 24.1 Å². The van der Waals surface area contributed by atoms with Crippen LogP contribution in [-0.4, -0.2) is 49.3 Å². The van der Waals surface area contributed by atoms with Crippen molar-refractivity contribution in [1.29, 1.82) is 0 Å². The van der Waals surface area contributed by atoms with Gasteiger partial charge in [0.1, 0.15) is 11.5 Å². The van der Waals surface area contributed by atoms with Crippen LogP contribution in [0, 0.1) is 0 Å². The van der Waals surface area contributed by atoms with Gasteiger partial charge in [-0.2, -0.15) is 0 Å². The van der Waals surface area contributed by atoms with Gasteiger partial charge in [-0.25, -0.2) is 10.4 Å². The molecule has 1 aliphatic rings. The van der Waals surface area contributed by atoms with Crippen molar-refractivity contribution in [2.45, 2.75) is 30.9 Å². The summed E-state index contributed by atoms with van der Waals surface area (Å²) in [6.45, 7) is 0.998. The molecular weight excluding hydrogens is 622 g/mol. The van der Waals surface area contributed by atoms with Crippen LogP contribution < -0.4 is 20.3 Å². The highest BCUT2D eigenvalue weighted by atomic mass is 79.9. The van der Waals surface area contributed by atoms with Crippen LogP contribution in [0.15, 0.2) is 113 Å². The molecule has 1 aliphatic heterocycles. The van der Waals surface area contributed by atoms with Gasteiger partial charge in [-0.3, -0.25) is 10.2 Å². The van der Waals surface area contributed by atoms with E-state index in [4.69, 9.17) is 24.3 Å². The number of ether oxygens (including phenoxy) is 3. The molecule has 228 valence electrons. The maximum absolute atomic E-state index is 14.3.